The summed E-state index contributed by atoms with van der Waals surface area (Å²) >= 11 is 0. The minimum atomic E-state index is -0.508. The van der Waals surface area contributed by atoms with E-state index in [4.69, 9.17) is 10.1 Å². The number of hydrogen-bond acceptors (Lipinski definition) is 4. The Morgan fingerprint density at radius 2 is 1.90 bits per heavy atom. The van der Waals surface area contributed by atoms with Crippen LogP contribution in [-0.4, -0.2) is 36.0 Å². The van der Waals surface area contributed by atoms with Gasteiger partial charge >= 0.3 is 0 Å². The third-order valence-electron chi connectivity index (χ3n) is 6.17. The van der Waals surface area contributed by atoms with Crippen molar-refractivity contribution in [2.24, 2.45) is 0 Å². The SMILES string of the molecule is N=C1N[C@]2(CC(=O)N1C1CCOCC1)Cc1c(Nc3ccc(F)cc3)cccc12. The highest BCUT2D eigenvalue weighted by Gasteiger charge is 2.51. The second-order valence-corrected chi connectivity index (χ2v) is 7.98. The summed E-state index contributed by atoms with van der Waals surface area (Å²) in [6.45, 7) is 1.27. The second kappa shape index (κ2) is 6.84. The van der Waals surface area contributed by atoms with E-state index >= 15 is 0 Å². The van der Waals surface area contributed by atoms with E-state index in [0.29, 0.717) is 26.1 Å². The summed E-state index contributed by atoms with van der Waals surface area (Å²) < 4.78 is 18.6. The second-order valence-electron chi connectivity index (χ2n) is 7.98. The van der Waals surface area contributed by atoms with Gasteiger partial charge in [-0.2, -0.15) is 0 Å². The molecule has 0 aromatic heterocycles. The smallest absolute Gasteiger partial charge is 0.232 e. The van der Waals surface area contributed by atoms with Gasteiger partial charge in [-0.25, -0.2) is 4.39 Å². The van der Waals surface area contributed by atoms with Crippen molar-refractivity contribution in [3.8, 4) is 0 Å². The van der Waals surface area contributed by atoms with Crippen molar-refractivity contribution in [1.29, 1.82) is 5.41 Å². The molecule has 1 aliphatic carbocycles. The number of benzene rings is 2. The zero-order valence-electron chi connectivity index (χ0n) is 16.0. The standard InChI is InChI=1S/C22H23FN4O2/c23-14-4-6-15(7-5-14)25-19-3-1-2-18-17(19)12-22(18)13-20(28)27(21(24)26-22)16-8-10-29-11-9-16/h1-7,16,25H,8-13H2,(H2,24,26)/t22-/m0/s1. The Hall–Kier alpha value is -2.93. The Bertz CT molecular complexity index is 951. The molecule has 2 fully saturated rings. The van der Waals surface area contributed by atoms with Crippen LogP contribution in [0.1, 0.15) is 30.4 Å². The molecule has 0 unspecified atom stereocenters. The normalized spacial score (nSPS) is 24.1. The molecule has 2 aromatic carbocycles. The summed E-state index contributed by atoms with van der Waals surface area (Å²) in [6.07, 6.45) is 2.55. The summed E-state index contributed by atoms with van der Waals surface area (Å²) in [5.74, 6) is -0.0769. The molecule has 2 aliphatic heterocycles. The maximum atomic E-state index is 13.2. The highest BCUT2D eigenvalue weighted by Crippen LogP contribution is 2.47. The van der Waals surface area contributed by atoms with E-state index in [2.05, 4.69) is 10.6 Å². The molecule has 0 radical (unpaired) electrons. The fraction of sp³-hybridized carbons (Fsp3) is 0.364. The summed E-state index contributed by atoms with van der Waals surface area (Å²) in [4.78, 5) is 14.6. The molecule has 150 valence electrons. The zero-order valence-corrected chi connectivity index (χ0v) is 16.0. The van der Waals surface area contributed by atoms with Gasteiger partial charge in [0.05, 0.1) is 12.0 Å². The van der Waals surface area contributed by atoms with Crippen molar-refractivity contribution < 1.29 is 13.9 Å². The highest BCUT2D eigenvalue weighted by atomic mass is 19.1. The van der Waals surface area contributed by atoms with E-state index in [1.165, 1.54) is 12.1 Å². The molecule has 5 rings (SSSR count). The first-order valence-corrected chi connectivity index (χ1v) is 9.97. The molecule has 6 nitrogen and oxygen atoms in total. The quantitative estimate of drug-likeness (QED) is 0.747. The Kier molecular flexibility index (Phi) is 4.28. The lowest BCUT2D eigenvalue weighted by atomic mass is 9.67. The number of amides is 1. The topological polar surface area (TPSA) is 77.5 Å². The van der Waals surface area contributed by atoms with Crippen LogP contribution in [0.2, 0.25) is 0 Å². The number of anilines is 2. The number of ether oxygens (including phenoxy) is 1. The summed E-state index contributed by atoms with van der Waals surface area (Å²) in [5, 5.41) is 15.2. The maximum Gasteiger partial charge on any atom is 0.232 e. The molecule has 1 atom stereocenters. The first kappa shape index (κ1) is 18.1. The molecule has 7 heteroatoms. The molecule has 29 heavy (non-hydrogen) atoms. The predicted octanol–water partition coefficient (Wildman–Crippen LogP) is 3.26. The Labute approximate surface area is 168 Å². The van der Waals surface area contributed by atoms with E-state index in [-0.39, 0.29) is 23.7 Å². The lowest BCUT2D eigenvalue weighted by Crippen LogP contribution is -2.66. The minimum Gasteiger partial charge on any atom is -0.381 e. The fourth-order valence-electron chi connectivity index (χ4n) is 4.72. The van der Waals surface area contributed by atoms with Crippen LogP contribution in [0.15, 0.2) is 42.5 Å². The van der Waals surface area contributed by atoms with Crippen LogP contribution >= 0.6 is 0 Å². The molecule has 3 aliphatic rings. The Balaban J connectivity index is 1.37. The van der Waals surface area contributed by atoms with Gasteiger partial charge in [0.2, 0.25) is 5.91 Å². The van der Waals surface area contributed by atoms with Crippen molar-refractivity contribution in [3.05, 3.63) is 59.4 Å². The molecule has 1 amide bonds. The van der Waals surface area contributed by atoms with E-state index in [9.17, 15) is 9.18 Å². The lowest BCUT2D eigenvalue weighted by Gasteiger charge is -2.51. The molecule has 2 saturated heterocycles. The first-order valence-electron chi connectivity index (χ1n) is 9.97. The van der Waals surface area contributed by atoms with Crippen LogP contribution in [0, 0.1) is 11.2 Å². The van der Waals surface area contributed by atoms with E-state index in [0.717, 1.165) is 35.3 Å². The number of hydrogen-bond donors (Lipinski definition) is 3. The lowest BCUT2D eigenvalue weighted by molar-refractivity contribution is -0.134. The Morgan fingerprint density at radius 3 is 2.62 bits per heavy atom. The van der Waals surface area contributed by atoms with Crippen LogP contribution in [0.5, 0.6) is 0 Å². The van der Waals surface area contributed by atoms with E-state index in [1.54, 1.807) is 17.0 Å². The van der Waals surface area contributed by atoms with Crippen molar-refractivity contribution in [2.45, 2.75) is 37.3 Å². The van der Waals surface area contributed by atoms with Gasteiger partial charge in [-0.15, -0.1) is 0 Å². The third-order valence-corrected chi connectivity index (χ3v) is 6.17. The largest absolute Gasteiger partial charge is 0.381 e. The molecular formula is C22H23FN4O2. The van der Waals surface area contributed by atoms with Crippen LogP contribution in [0.4, 0.5) is 15.8 Å². The van der Waals surface area contributed by atoms with Gasteiger partial charge < -0.3 is 15.4 Å². The average molecular weight is 394 g/mol. The molecule has 3 N–H and O–H groups in total. The van der Waals surface area contributed by atoms with Crippen molar-refractivity contribution >= 4 is 23.2 Å². The van der Waals surface area contributed by atoms with Gasteiger partial charge in [0.25, 0.3) is 0 Å². The third kappa shape index (κ3) is 3.06. The van der Waals surface area contributed by atoms with Crippen molar-refractivity contribution in [1.82, 2.24) is 10.2 Å². The summed E-state index contributed by atoms with van der Waals surface area (Å²) in [5.41, 5.74) is 3.43. The molecule has 0 bridgehead atoms. The van der Waals surface area contributed by atoms with Gasteiger partial charge in [-0.1, -0.05) is 12.1 Å². The number of carbonyl (C=O) groups excluding carboxylic acids is 1. The fourth-order valence-corrected chi connectivity index (χ4v) is 4.72. The van der Waals surface area contributed by atoms with E-state index in [1.807, 2.05) is 18.2 Å². The minimum absolute atomic E-state index is 0.00296. The van der Waals surface area contributed by atoms with E-state index < -0.39 is 5.54 Å². The van der Waals surface area contributed by atoms with Crippen LogP contribution in [-0.2, 0) is 21.5 Å². The summed E-state index contributed by atoms with van der Waals surface area (Å²) in [7, 11) is 0. The van der Waals surface area contributed by atoms with Gasteiger partial charge in [-0.3, -0.25) is 15.1 Å². The maximum absolute atomic E-state index is 13.2. The van der Waals surface area contributed by atoms with Crippen LogP contribution < -0.4 is 10.6 Å². The average Bonchev–Trinajstić information content (AvgIpc) is 2.70. The van der Waals surface area contributed by atoms with Gasteiger partial charge in [-0.05, 0) is 54.3 Å². The molecule has 2 aromatic rings. The molecule has 1 spiro atoms. The molecule has 2 heterocycles. The predicted molar refractivity (Wildman–Crippen MR) is 108 cm³/mol. The molecule has 0 saturated carbocycles. The first-order chi connectivity index (χ1) is 14.1. The van der Waals surface area contributed by atoms with Crippen molar-refractivity contribution in [2.75, 3.05) is 18.5 Å². The number of nitrogens with zero attached hydrogens (tertiary/aromatic N) is 1. The van der Waals surface area contributed by atoms with Crippen LogP contribution in [0.25, 0.3) is 0 Å². The zero-order chi connectivity index (χ0) is 20.0. The van der Waals surface area contributed by atoms with Gasteiger partial charge in [0.15, 0.2) is 5.96 Å². The number of rotatable bonds is 3. The number of fused-ring (bicyclic) bond motifs is 2. The number of guanidine groups is 1. The summed E-state index contributed by atoms with van der Waals surface area (Å²) in [6, 6.07) is 12.2. The van der Waals surface area contributed by atoms with Gasteiger partial charge in [0.1, 0.15) is 5.82 Å². The molecular weight excluding hydrogens is 371 g/mol. The highest BCUT2D eigenvalue weighted by molar-refractivity contribution is 6.00. The van der Waals surface area contributed by atoms with Crippen molar-refractivity contribution in [3.63, 3.8) is 0 Å². The number of halogens is 1. The number of carbonyl (C=O) groups is 1. The van der Waals surface area contributed by atoms with Crippen LogP contribution in [0.3, 0.4) is 0 Å². The number of nitrogens with one attached hydrogen (secondary N) is 3. The van der Waals surface area contributed by atoms with Gasteiger partial charge in [0, 0.05) is 37.1 Å². The monoisotopic (exact) mass is 394 g/mol. The Morgan fingerprint density at radius 1 is 1.14 bits per heavy atom.